The van der Waals surface area contributed by atoms with Gasteiger partial charge in [0.05, 0.1) is 5.52 Å². The van der Waals surface area contributed by atoms with Gasteiger partial charge in [-0.3, -0.25) is 9.59 Å². The molecule has 1 atom stereocenters. The second-order valence-corrected chi connectivity index (χ2v) is 6.61. The molecule has 2 amide bonds. The summed E-state index contributed by atoms with van der Waals surface area (Å²) in [7, 11) is 0. The highest BCUT2D eigenvalue weighted by Gasteiger charge is 2.27. The number of hydrogen-bond acceptors (Lipinski definition) is 6. The molecule has 4 rings (SSSR count). The van der Waals surface area contributed by atoms with E-state index in [1.807, 2.05) is 31.2 Å². The molecule has 2 N–H and O–H groups in total. The number of carbonyl (C=O) groups excluding carboxylic acids is 2. The minimum absolute atomic E-state index is 0.0446. The van der Waals surface area contributed by atoms with Crippen LogP contribution in [0.25, 0.3) is 10.9 Å². The Morgan fingerprint density at radius 2 is 1.90 bits per heavy atom. The van der Waals surface area contributed by atoms with E-state index in [2.05, 4.69) is 15.5 Å². The topological polar surface area (TPSA) is 115 Å². The number of aromatic hydroxyl groups is 1. The van der Waals surface area contributed by atoms with Gasteiger partial charge in [0.2, 0.25) is 12.0 Å². The fraction of sp³-hybridized carbons (Fsp3) is 0.238. The smallest absolute Gasteiger partial charge is 0.283 e. The maximum atomic E-state index is 12.3. The molecule has 0 spiro atoms. The Hall–Kier alpha value is -3.88. The van der Waals surface area contributed by atoms with Crippen molar-refractivity contribution in [2.24, 2.45) is 10.2 Å². The number of hydrogen-bond donors (Lipinski definition) is 2. The fourth-order valence-electron chi connectivity index (χ4n) is 3.26. The Labute approximate surface area is 171 Å². The Kier molecular flexibility index (Phi) is 5.34. The number of aryl methyl sites for hydroxylation is 1. The number of carbonyl (C=O) groups is 2. The molecule has 0 fully saturated rings. The highest BCUT2D eigenvalue weighted by atomic mass is 16.6. The largest absolute Gasteiger partial charge is 0.493 e. The maximum Gasteiger partial charge on any atom is 0.283 e. The number of nitrogens with zero attached hydrogens (tertiary/aromatic N) is 3. The average molecular weight is 408 g/mol. The van der Waals surface area contributed by atoms with E-state index in [1.165, 1.54) is 0 Å². The molecule has 1 aliphatic heterocycles. The van der Waals surface area contributed by atoms with E-state index < -0.39 is 17.9 Å². The van der Waals surface area contributed by atoms with Crippen LogP contribution in [-0.2, 0) is 16.1 Å². The summed E-state index contributed by atoms with van der Waals surface area (Å²) in [5.74, 6) is -0.174. The van der Waals surface area contributed by atoms with Crippen molar-refractivity contribution in [1.29, 1.82) is 0 Å². The molecular weight excluding hydrogens is 388 g/mol. The van der Waals surface area contributed by atoms with Gasteiger partial charge in [-0.15, -0.1) is 10.2 Å². The van der Waals surface area contributed by atoms with Gasteiger partial charge in [-0.25, -0.2) is 0 Å². The lowest BCUT2D eigenvalue weighted by Crippen LogP contribution is -2.45. The van der Waals surface area contributed by atoms with E-state index >= 15 is 0 Å². The highest BCUT2D eigenvalue weighted by Crippen LogP contribution is 2.38. The first kappa shape index (κ1) is 19.4. The number of rotatable bonds is 5. The molecule has 0 saturated heterocycles. The summed E-state index contributed by atoms with van der Waals surface area (Å²) in [5, 5.41) is 21.1. The summed E-state index contributed by atoms with van der Waals surface area (Å²) in [6, 6.07) is 14.3. The highest BCUT2D eigenvalue weighted by molar-refractivity contribution is 5.95. The first-order valence-corrected chi connectivity index (χ1v) is 9.49. The van der Waals surface area contributed by atoms with Gasteiger partial charge in [0.1, 0.15) is 13.2 Å². The van der Waals surface area contributed by atoms with Crippen LogP contribution < -0.4 is 14.8 Å². The van der Waals surface area contributed by atoms with Gasteiger partial charge in [-0.2, -0.15) is 0 Å². The van der Waals surface area contributed by atoms with Gasteiger partial charge < -0.3 is 24.5 Å². The van der Waals surface area contributed by atoms with Crippen LogP contribution in [-0.4, -0.2) is 40.7 Å². The molecule has 30 heavy (non-hydrogen) atoms. The predicted molar refractivity (Wildman–Crippen MR) is 108 cm³/mol. The number of aromatic nitrogens is 1. The van der Waals surface area contributed by atoms with Crippen molar-refractivity contribution in [2.75, 3.05) is 13.2 Å². The van der Waals surface area contributed by atoms with Crippen molar-refractivity contribution in [3.8, 4) is 17.4 Å². The van der Waals surface area contributed by atoms with Gasteiger partial charge in [0, 0.05) is 11.9 Å². The number of amides is 2. The van der Waals surface area contributed by atoms with Crippen LogP contribution in [0.2, 0.25) is 0 Å². The van der Waals surface area contributed by atoms with E-state index in [9.17, 15) is 14.7 Å². The van der Waals surface area contributed by atoms with Crippen molar-refractivity contribution in [3.05, 3.63) is 48.5 Å². The molecule has 1 aromatic heterocycles. The average Bonchev–Trinajstić information content (AvgIpc) is 3.06. The minimum atomic E-state index is -0.865. The summed E-state index contributed by atoms with van der Waals surface area (Å²) >= 11 is 0. The lowest BCUT2D eigenvalue weighted by molar-refractivity contribution is -0.132. The number of nitrogens with one attached hydrogen (secondary N) is 1. The fourth-order valence-corrected chi connectivity index (χ4v) is 3.26. The standard InChI is InChI=1S/C21H20N4O5/c1-2-25-14-8-4-3-7-13(14)19(21(25)28)24-23-18(26)11-22-20(27)17-12-29-15-9-5-6-10-16(15)30-17/h3-10,17,28H,2,11-12H2,1H3,(H,22,27). The zero-order valence-corrected chi connectivity index (χ0v) is 16.2. The quantitative estimate of drug-likeness (QED) is 0.630. The number of azo groups is 1. The van der Waals surface area contributed by atoms with Crippen molar-refractivity contribution in [2.45, 2.75) is 19.6 Å². The third-order valence-electron chi connectivity index (χ3n) is 4.71. The molecule has 1 unspecified atom stereocenters. The summed E-state index contributed by atoms with van der Waals surface area (Å²) < 4.78 is 12.8. The van der Waals surface area contributed by atoms with Crippen molar-refractivity contribution < 1.29 is 24.2 Å². The van der Waals surface area contributed by atoms with E-state index in [0.717, 1.165) is 5.52 Å². The molecule has 2 aromatic carbocycles. The van der Waals surface area contributed by atoms with Crippen LogP contribution in [0.1, 0.15) is 6.92 Å². The second kappa shape index (κ2) is 8.24. The van der Waals surface area contributed by atoms with Crippen molar-refractivity contribution >= 4 is 28.4 Å². The lowest BCUT2D eigenvalue weighted by atomic mass is 10.2. The zero-order valence-electron chi connectivity index (χ0n) is 16.2. The number of benzene rings is 2. The van der Waals surface area contributed by atoms with Crippen LogP contribution in [0.4, 0.5) is 5.69 Å². The van der Waals surface area contributed by atoms with Crippen LogP contribution in [0.3, 0.4) is 0 Å². The molecule has 0 saturated carbocycles. The molecule has 3 aromatic rings. The normalized spacial score (nSPS) is 15.4. The number of para-hydroxylation sites is 3. The van der Waals surface area contributed by atoms with Crippen molar-refractivity contribution in [3.63, 3.8) is 0 Å². The SMILES string of the molecule is CCn1c(O)c(N=NC(=O)CNC(=O)C2COc3ccccc3O2)c2ccccc21. The maximum absolute atomic E-state index is 12.3. The first-order chi connectivity index (χ1) is 14.6. The molecule has 0 aliphatic carbocycles. The molecule has 9 heteroatoms. The minimum Gasteiger partial charge on any atom is -0.493 e. The molecule has 1 aliphatic rings. The first-order valence-electron chi connectivity index (χ1n) is 9.49. The van der Waals surface area contributed by atoms with Gasteiger partial charge in [0.25, 0.3) is 11.8 Å². The van der Waals surface area contributed by atoms with Crippen molar-refractivity contribution in [1.82, 2.24) is 9.88 Å². The van der Waals surface area contributed by atoms with Gasteiger partial charge >= 0.3 is 0 Å². The Balaban J connectivity index is 1.39. The summed E-state index contributed by atoms with van der Waals surface area (Å²) in [6.45, 7) is 2.13. The Bertz CT molecular complexity index is 1140. The van der Waals surface area contributed by atoms with Gasteiger partial charge in [-0.1, -0.05) is 30.3 Å². The third-order valence-corrected chi connectivity index (χ3v) is 4.71. The molecule has 0 radical (unpaired) electrons. The molecule has 154 valence electrons. The molecule has 9 nitrogen and oxygen atoms in total. The lowest BCUT2D eigenvalue weighted by Gasteiger charge is -2.25. The van der Waals surface area contributed by atoms with Crippen LogP contribution in [0.5, 0.6) is 17.4 Å². The number of fused-ring (bicyclic) bond motifs is 2. The predicted octanol–water partition coefficient (Wildman–Crippen LogP) is 2.93. The van der Waals surface area contributed by atoms with Gasteiger partial charge in [-0.05, 0) is 25.1 Å². The van der Waals surface area contributed by atoms with E-state index in [4.69, 9.17) is 9.47 Å². The second-order valence-electron chi connectivity index (χ2n) is 6.61. The molecule has 2 heterocycles. The van der Waals surface area contributed by atoms with E-state index in [0.29, 0.717) is 23.4 Å². The van der Waals surface area contributed by atoms with Gasteiger partial charge in [0.15, 0.2) is 17.2 Å². The zero-order chi connectivity index (χ0) is 21.1. The van der Waals surface area contributed by atoms with Crippen LogP contribution in [0.15, 0.2) is 58.8 Å². The van der Waals surface area contributed by atoms with E-state index in [-0.39, 0.29) is 24.7 Å². The molecule has 0 bridgehead atoms. The third kappa shape index (κ3) is 3.69. The Morgan fingerprint density at radius 3 is 2.70 bits per heavy atom. The summed E-state index contributed by atoms with van der Waals surface area (Å²) in [5.41, 5.74) is 1.01. The Morgan fingerprint density at radius 1 is 1.17 bits per heavy atom. The molecular formula is C21H20N4O5. The summed E-state index contributed by atoms with van der Waals surface area (Å²) in [6.07, 6.45) is -0.865. The summed E-state index contributed by atoms with van der Waals surface area (Å²) in [4.78, 5) is 24.4. The number of ether oxygens (including phenoxy) is 2. The monoisotopic (exact) mass is 408 g/mol. The van der Waals surface area contributed by atoms with E-state index in [1.54, 1.807) is 28.8 Å². The van der Waals surface area contributed by atoms with Crippen LogP contribution >= 0.6 is 0 Å². The van der Waals surface area contributed by atoms with Crippen LogP contribution in [0, 0.1) is 0 Å².